The molecule has 0 aliphatic heterocycles. The summed E-state index contributed by atoms with van der Waals surface area (Å²) >= 11 is 0. The topological polar surface area (TPSA) is 34.1 Å². The lowest BCUT2D eigenvalue weighted by Gasteiger charge is -2.30. The molecule has 0 saturated carbocycles. The third kappa shape index (κ3) is 2.52. The van der Waals surface area contributed by atoms with Crippen LogP contribution in [0.4, 0.5) is 13.2 Å². The largest absolute Gasteiger partial charge is 0.397 e. The fraction of sp³-hybridized carbons (Fsp3) is 0.286. The zero-order valence-corrected chi connectivity index (χ0v) is 11.5. The smallest absolute Gasteiger partial charge is 0.219 e. The van der Waals surface area contributed by atoms with Gasteiger partial charge in [0.15, 0.2) is 0 Å². The number of hydrogen-bond acceptors (Lipinski definition) is 2. The Balaban J connectivity index is 2.33. The van der Waals surface area contributed by atoms with Crippen LogP contribution < -0.4 is 0 Å². The van der Waals surface area contributed by atoms with Crippen LogP contribution in [-0.2, 0) is 9.84 Å². The summed E-state index contributed by atoms with van der Waals surface area (Å²) in [5.74, 6) is 0. The maximum atomic E-state index is 12.8. The van der Waals surface area contributed by atoms with Gasteiger partial charge in [0.25, 0.3) is 0 Å². The highest BCUT2D eigenvalue weighted by Crippen LogP contribution is 2.45. The highest BCUT2D eigenvalue weighted by Gasteiger charge is 2.49. The molecular formula is C14H13F3O2S. The van der Waals surface area contributed by atoms with Gasteiger partial charge in [0.2, 0.25) is 9.84 Å². The quantitative estimate of drug-likeness (QED) is 0.831. The molecule has 0 amide bonds. The summed E-state index contributed by atoms with van der Waals surface area (Å²) in [5.41, 5.74) is -2.01. The van der Waals surface area contributed by atoms with Gasteiger partial charge in [-0.25, -0.2) is 8.42 Å². The average molecular weight is 302 g/mol. The first kappa shape index (κ1) is 14.8. The van der Waals surface area contributed by atoms with Gasteiger partial charge in [-0.05, 0) is 31.6 Å². The number of rotatable bonds is 2. The third-order valence-electron chi connectivity index (χ3n) is 3.35. The maximum Gasteiger partial charge on any atom is 0.397 e. The minimum absolute atomic E-state index is 0.0755. The van der Waals surface area contributed by atoms with Gasteiger partial charge in [-0.3, -0.25) is 0 Å². The van der Waals surface area contributed by atoms with Crippen molar-refractivity contribution in [3.63, 3.8) is 0 Å². The van der Waals surface area contributed by atoms with Gasteiger partial charge in [0.05, 0.1) is 15.2 Å². The lowest BCUT2D eigenvalue weighted by Crippen LogP contribution is -2.34. The van der Waals surface area contributed by atoms with Crippen molar-refractivity contribution < 1.29 is 21.6 Å². The van der Waals surface area contributed by atoms with Crippen molar-refractivity contribution in [2.45, 2.75) is 24.4 Å². The molecule has 1 aliphatic carbocycles. The Morgan fingerprint density at radius 3 is 2.20 bits per heavy atom. The molecule has 1 aromatic carbocycles. The first-order valence-electron chi connectivity index (χ1n) is 5.93. The van der Waals surface area contributed by atoms with Crippen LogP contribution >= 0.6 is 0 Å². The van der Waals surface area contributed by atoms with Crippen molar-refractivity contribution >= 4 is 9.84 Å². The molecule has 20 heavy (non-hydrogen) atoms. The van der Waals surface area contributed by atoms with Crippen LogP contribution in [0.3, 0.4) is 0 Å². The van der Waals surface area contributed by atoms with E-state index in [1.54, 1.807) is 18.2 Å². The predicted molar refractivity (Wildman–Crippen MR) is 69.6 cm³/mol. The average Bonchev–Trinajstić information content (AvgIpc) is 2.39. The van der Waals surface area contributed by atoms with E-state index in [9.17, 15) is 21.6 Å². The van der Waals surface area contributed by atoms with Crippen LogP contribution in [0.15, 0.2) is 58.4 Å². The number of alkyl halides is 3. The van der Waals surface area contributed by atoms with Crippen molar-refractivity contribution in [2.24, 2.45) is 5.41 Å². The molecular weight excluding hydrogens is 289 g/mol. The number of halogens is 3. The first-order valence-corrected chi connectivity index (χ1v) is 7.41. The Morgan fingerprint density at radius 2 is 1.75 bits per heavy atom. The summed E-state index contributed by atoms with van der Waals surface area (Å²) < 4.78 is 63.0. The van der Waals surface area contributed by atoms with E-state index in [1.165, 1.54) is 12.1 Å². The van der Waals surface area contributed by atoms with Gasteiger partial charge in [-0.15, -0.1) is 0 Å². The summed E-state index contributed by atoms with van der Waals surface area (Å²) in [5, 5.41) is 0. The van der Waals surface area contributed by atoms with E-state index < -0.39 is 21.4 Å². The standard InChI is InChI=1S/C14H13F3O2S/c1-13(14(15,16)17)9-7-12(8-10-13)20(18,19)11-5-3-2-4-6-11/h2-9H,10H2,1H3. The Labute approximate surface area is 115 Å². The molecule has 0 aromatic heterocycles. The summed E-state index contributed by atoms with van der Waals surface area (Å²) in [6.45, 7) is 1.05. The molecule has 2 rings (SSSR count). The van der Waals surface area contributed by atoms with Gasteiger partial charge in [-0.1, -0.05) is 30.4 Å². The number of sulfone groups is 1. The van der Waals surface area contributed by atoms with Crippen LogP contribution in [0, 0.1) is 5.41 Å². The highest BCUT2D eigenvalue weighted by atomic mass is 32.2. The predicted octanol–water partition coefficient (Wildman–Crippen LogP) is 3.87. The van der Waals surface area contributed by atoms with Crippen molar-refractivity contribution in [2.75, 3.05) is 0 Å². The van der Waals surface area contributed by atoms with E-state index in [4.69, 9.17) is 0 Å². The minimum Gasteiger partial charge on any atom is -0.219 e. The second kappa shape index (κ2) is 4.77. The van der Waals surface area contributed by atoms with Gasteiger partial charge >= 0.3 is 6.18 Å². The molecule has 0 saturated heterocycles. The van der Waals surface area contributed by atoms with Crippen LogP contribution in [0.25, 0.3) is 0 Å². The Hall–Kier alpha value is -1.56. The molecule has 0 fully saturated rings. The van der Waals surface area contributed by atoms with Crippen LogP contribution in [0.5, 0.6) is 0 Å². The molecule has 108 valence electrons. The molecule has 0 bridgehead atoms. The summed E-state index contributed by atoms with van der Waals surface area (Å²) in [6.07, 6.45) is -1.69. The molecule has 1 atom stereocenters. The van der Waals surface area contributed by atoms with Gasteiger partial charge in [0.1, 0.15) is 0 Å². The second-order valence-corrected chi connectivity index (χ2v) is 6.83. The lowest BCUT2D eigenvalue weighted by atomic mass is 9.83. The molecule has 1 aliphatic rings. The van der Waals surface area contributed by atoms with Crippen LogP contribution in [-0.4, -0.2) is 14.6 Å². The first-order chi connectivity index (χ1) is 9.17. The van der Waals surface area contributed by atoms with Crippen molar-refractivity contribution in [3.05, 3.63) is 53.5 Å². The molecule has 0 N–H and O–H groups in total. The summed E-state index contributed by atoms with van der Waals surface area (Å²) in [6, 6.07) is 7.65. The molecule has 0 heterocycles. The fourth-order valence-corrected chi connectivity index (χ4v) is 3.20. The normalized spacial score (nSPS) is 23.5. The number of allylic oxidation sites excluding steroid dienone is 3. The molecule has 6 heteroatoms. The van der Waals surface area contributed by atoms with Crippen molar-refractivity contribution in [1.29, 1.82) is 0 Å². The monoisotopic (exact) mass is 302 g/mol. The van der Waals surface area contributed by atoms with E-state index in [1.807, 2.05) is 0 Å². The van der Waals surface area contributed by atoms with Gasteiger partial charge in [0, 0.05) is 0 Å². The molecule has 1 unspecified atom stereocenters. The van der Waals surface area contributed by atoms with Gasteiger partial charge < -0.3 is 0 Å². The number of hydrogen-bond donors (Lipinski definition) is 0. The molecule has 0 spiro atoms. The van der Waals surface area contributed by atoms with E-state index in [0.717, 1.165) is 25.2 Å². The van der Waals surface area contributed by atoms with E-state index >= 15 is 0 Å². The highest BCUT2D eigenvalue weighted by molar-refractivity contribution is 7.95. The fourth-order valence-electron chi connectivity index (χ4n) is 1.86. The van der Waals surface area contributed by atoms with E-state index in [-0.39, 0.29) is 16.2 Å². The zero-order chi connectivity index (χ0) is 15.0. The van der Waals surface area contributed by atoms with Crippen molar-refractivity contribution in [1.82, 2.24) is 0 Å². The summed E-state index contributed by atoms with van der Waals surface area (Å²) in [7, 11) is -3.75. The lowest BCUT2D eigenvalue weighted by molar-refractivity contribution is -0.199. The van der Waals surface area contributed by atoms with Gasteiger partial charge in [-0.2, -0.15) is 13.2 Å². The Morgan fingerprint density at radius 1 is 1.15 bits per heavy atom. The van der Waals surface area contributed by atoms with Crippen LogP contribution in [0.2, 0.25) is 0 Å². The number of benzene rings is 1. The molecule has 2 nitrogen and oxygen atoms in total. The second-order valence-electron chi connectivity index (χ2n) is 4.88. The molecule has 1 aromatic rings. The van der Waals surface area contributed by atoms with E-state index in [2.05, 4.69) is 0 Å². The zero-order valence-electron chi connectivity index (χ0n) is 10.7. The Kier molecular flexibility index (Phi) is 3.54. The maximum absolute atomic E-state index is 12.8. The molecule has 0 radical (unpaired) electrons. The SMILES string of the molecule is CC1(C(F)(F)F)C=CC(S(=O)(=O)c2ccccc2)=CC1. The Bertz CT molecular complexity index is 657. The summed E-state index contributed by atoms with van der Waals surface area (Å²) in [4.78, 5) is -0.0167. The van der Waals surface area contributed by atoms with Crippen LogP contribution in [0.1, 0.15) is 13.3 Å². The minimum atomic E-state index is -4.40. The van der Waals surface area contributed by atoms with E-state index in [0.29, 0.717) is 0 Å². The van der Waals surface area contributed by atoms with Crippen molar-refractivity contribution in [3.8, 4) is 0 Å². The third-order valence-corrected chi connectivity index (χ3v) is 5.17.